The first-order chi connectivity index (χ1) is 14.9. The molecular weight excluding hydrogens is 438 g/mol. The van der Waals surface area contributed by atoms with Crippen molar-refractivity contribution in [2.24, 2.45) is 0 Å². The monoisotopic (exact) mass is 459 g/mol. The van der Waals surface area contributed by atoms with Crippen molar-refractivity contribution in [2.45, 2.75) is 13.0 Å². The molecule has 3 rings (SSSR count). The summed E-state index contributed by atoms with van der Waals surface area (Å²) in [7, 11) is 4.84. The topological polar surface area (TPSA) is 80.8 Å². The molecule has 162 valence electrons. The van der Waals surface area contributed by atoms with Gasteiger partial charge in [-0.3, -0.25) is 9.59 Å². The van der Waals surface area contributed by atoms with E-state index >= 15 is 0 Å². The minimum Gasteiger partial charge on any atom is -0.495 e. The van der Waals surface area contributed by atoms with Crippen molar-refractivity contribution in [1.29, 1.82) is 0 Å². The SMILES string of the molecule is COc1ccc(C(=O)N(C)C)cc1NC(=O)Cc1csc(COc2ccc(Cl)cc2)n1. The highest BCUT2D eigenvalue weighted by Gasteiger charge is 2.15. The van der Waals surface area contributed by atoms with Crippen LogP contribution in [0.15, 0.2) is 47.8 Å². The van der Waals surface area contributed by atoms with Gasteiger partial charge in [-0.15, -0.1) is 11.3 Å². The maximum Gasteiger partial charge on any atom is 0.253 e. The number of methoxy groups -OCH3 is 1. The van der Waals surface area contributed by atoms with Crippen molar-refractivity contribution in [1.82, 2.24) is 9.88 Å². The van der Waals surface area contributed by atoms with Crippen LogP contribution >= 0.6 is 22.9 Å². The van der Waals surface area contributed by atoms with E-state index in [-0.39, 0.29) is 18.2 Å². The Balaban J connectivity index is 1.61. The number of anilines is 1. The molecule has 0 atom stereocenters. The van der Waals surface area contributed by atoms with Crippen molar-refractivity contribution in [3.05, 3.63) is 69.1 Å². The number of benzene rings is 2. The van der Waals surface area contributed by atoms with Crippen molar-refractivity contribution >= 4 is 40.4 Å². The molecule has 9 heteroatoms. The summed E-state index contributed by atoms with van der Waals surface area (Å²) in [4.78, 5) is 30.7. The lowest BCUT2D eigenvalue weighted by Crippen LogP contribution is -2.22. The molecule has 1 N–H and O–H groups in total. The van der Waals surface area contributed by atoms with Crippen LogP contribution in [0.3, 0.4) is 0 Å². The average molecular weight is 460 g/mol. The molecule has 1 heterocycles. The molecule has 3 aromatic rings. The average Bonchev–Trinajstić information content (AvgIpc) is 3.19. The van der Waals surface area contributed by atoms with Gasteiger partial charge in [0.15, 0.2) is 0 Å². The Morgan fingerprint density at radius 2 is 1.90 bits per heavy atom. The largest absolute Gasteiger partial charge is 0.495 e. The van der Waals surface area contributed by atoms with E-state index in [4.69, 9.17) is 21.1 Å². The number of nitrogens with one attached hydrogen (secondary N) is 1. The van der Waals surface area contributed by atoms with Crippen LogP contribution < -0.4 is 14.8 Å². The van der Waals surface area contributed by atoms with E-state index in [1.54, 1.807) is 56.6 Å². The van der Waals surface area contributed by atoms with Crippen LogP contribution in [0.1, 0.15) is 21.1 Å². The van der Waals surface area contributed by atoms with Gasteiger partial charge in [-0.2, -0.15) is 0 Å². The third kappa shape index (κ3) is 6.19. The molecule has 0 saturated heterocycles. The molecule has 0 spiro atoms. The molecule has 0 radical (unpaired) electrons. The first-order valence-corrected chi connectivity index (χ1v) is 10.6. The zero-order valence-electron chi connectivity index (χ0n) is 17.3. The third-order valence-electron chi connectivity index (χ3n) is 4.24. The van der Waals surface area contributed by atoms with Crippen LogP contribution in [0, 0.1) is 0 Å². The number of ether oxygens (including phenoxy) is 2. The Bertz CT molecular complexity index is 1070. The maximum absolute atomic E-state index is 12.5. The lowest BCUT2D eigenvalue weighted by Gasteiger charge is -2.14. The number of nitrogens with zero attached hydrogens (tertiary/aromatic N) is 2. The molecule has 2 amide bonds. The van der Waals surface area contributed by atoms with E-state index in [1.807, 2.05) is 5.38 Å². The summed E-state index contributed by atoms with van der Waals surface area (Å²) in [5, 5.41) is 6.03. The third-order valence-corrected chi connectivity index (χ3v) is 5.37. The molecule has 2 aromatic carbocycles. The molecule has 0 saturated carbocycles. The number of amides is 2. The number of halogens is 1. The van der Waals surface area contributed by atoms with Gasteiger partial charge in [-0.05, 0) is 42.5 Å². The van der Waals surface area contributed by atoms with Crippen LogP contribution in [0.5, 0.6) is 11.5 Å². The Morgan fingerprint density at radius 3 is 2.58 bits per heavy atom. The number of rotatable bonds is 8. The van der Waals surface area contributed by atoms with Gasteiger partial charge in [0.25, 0.3) is 5.91 Å². The smallest absolute Gasteiger partial charge is 0.253 e. The highest BCUT2D eigenvalue weighted by molar-refractivity contribution is 7.09. The fourth-order valence-electron chi connectivity index (χ4n) is 2.73. The van der Waals surface area contributed by atoms with Gasteiger partial charge in [0.05, 0.1) is 24.9 Å². The molecule has 0 aliphatic rings. The lowest BCUT2D eigenvalue weighted by molar-refractivity contribution is -0.115. The van der Waals surface area contributed by atoms with Gasteiger partial charge in [0, 0.05) is 30.1 Å². The normalized spacial score (nSPS) is 10.5. The fourth-order valence-corrected chi connectivity index (χ4v) is 3.56. The molecule has 0 unspecified atom stereocenters. The summed E-state index contributed by atoms with van der Waals surface area (Å²) in [5.74, 6) is 0.739. The van der Waals surface area contributed by atoms with Gasteiger partial charge in [0.1, 0.15) is 23.1 Å². The Labute approximate surface area is 189 Å². The predicted molar refractivity (Wildman–Crippen MR) is 121 cm³/mol. The van der Waals surface area contributed by atoms with Crippen molar-refractivity contribution < 1.29 is 19.1 Å². The number of hydrogen-bond acceptors (Lipinski definition) is 6. The molecule has 0 aliphatic heterocycles. The molecule has 0 aliphatic carbocycles. The van der Waals surface area contributed by atoms with Crippen molar-refractivity contribution in [3.63, 3.8) is 0 Å². The zero-order valence-corrected chi connectivity index (χ0v) is 18.9. The number of aromatic nitrogens is 1. The lowest BCUT2D eigenvalue weighted by atomic mass is 10.1. The van der Waals surface area contributed by atoms with Gasteiger partial charge in [-0.25, -0.2) is 4.98 Å². The van der Waals surface area contributed by atoms with Crippen LogP contribution in [0.25, 0.3) is 0 Å². The number of thiazole rings is 1. The van der Waals surface area contributed by atoms with Crippen molar-refractivity contribution in [3.8, 4) is 11.5 Å². The van der Waals surface area contributed by atoms with Crippen molar-refractivity contribution in [2.75, 3.05) is 26.5 Å². The van der Waals surface area contributed by atoms with E-state index in [0.29, 0.717) is 40.1 Å². The summed E-state index contributed by atoms with van der Waals surface area (Å²) in [6, 6.07) is 12.0. The van der Waals surface area contributed by atoms with E-state index in [1.165, 1.54) is 23.3 Å². The molecule has 31 heavy (non-hydrogen) atoms. The fraction of sp³-hybridized carbons (Fsp3) is 0.227. The van der Waals surface area contributed by atoms with Crippen LogP contribution in [-0.4, -0.2) is 42.9 Å². The van der Waals surface area contributed by atoms with Gasteiger partial charge in [0.2, 0.25) is 5.91 Å². The summed E-state index contributed by atoms with van der Waals surface area (Å²) in [5.41, 5.74) is 1.52. The van der Waals surface area contributed by atoms with Gasteiger partial charge < -0.3 is 19.7 Å². The Kier molecular flexibility index (Phi) is 7.49. The summed E-state index contributed by atoms with van der Waals surface area (Å²) in [6.07, 6.45) is 0.0897. The van der Waals surface area contributed by atoms with Gasteiger partial charge in [-0.1, -0.05) is 11.6 Å². The number of carbonyl (C=O) groups excluding carboxylic acids is 2. The van der Waals surface area contributed by atoms with E-state index in [0.717, 1.165) is 5.01 Å². The Morgan fingerprint density at radius 1 is 1.16 bits per heavy atom. The van der Waals surface area contributed by atoms with E-state index in [2.05, 4.69) is 10.3 Å². The quantitative estimate of drug-likeness (QED) is 0.544. The molecule has 1 aromatic heterocycles. The molecule has 0 fully saturated rings. The molecular formula is C22H22ClN3O4S. The number of carbonyl (C=O) groups is 2. The minimum absolute atomic E-state index is 0.0897. The highest BCUT2D eigenvalue weighted by Crippen LogP contribution is 2.26. The highest BCUT2D eigenvalue weighted by atomic mass is 35.5. The van der Waals surface area contributed by atoms with E-state index < -0.39 is 0 Å². The maximum atomic E-state index is 12.5. The molecule has 7 nitrogen and oxygen atoms in total. The first kappa shape index (κ1) is 22.6. The summed E-state index contributed by atoms with van der Waals surface area (Å²) < 4.78 is 11.0. The molecule has 0 bridgehead atoms. The van der Waals surface area contributed by atoms with Gasteiger partial charge >= 0.3 is 0 Å². The van der Waals surface area contributed by atoms with Crippen LogP contribution in [0.4, 0.5) is 5.69 Å². The zero-order chi connectivity index (χ0) is 22.4. The van der Waals surface area contributed by atoms with Crippen LogP contribution in [0.2, 0.25) is 5.02 Å². The standard InChI is InChI=1S/C22H22ClN3O4S/c1-26(2)22(28)14-4-9-19(29-3)18(10-14)25-20(27)11-16-13-31-21(24-16)12-30-17-7-5-15(23)6-8-17/h4-10,13H,11-12H2,1-3H3,(H,25,27). The summed E-state index contributed by atoms with van der Waals surface area (Å²) in [6.45, 7) is 0.302. The predicted octanol–water partition coefficient (Wildman–Crippen LogP) is 4.27. The second-order valence-electron chi connectivity index (χ2n) is 6.81. The number of hydrogen-bond donors (Lipinski definition) is 1. The first-order valence-electron chi connectivity index (χ1n) is 9.37. The summed E-state index contributed by atoms with van der Waals surface area (Å²) >= 11 is 7.29. The Hall–Kier alpha value is -3.10. The minimum atomic E-state index is -0.261. The second-order valence-corrected chi connectivity index (χ2v) is 8.19. The van der Waals surface area contributed by atoms with E-state index in [9.17, 15) is 9.59 Å². The second kappa shape index (κ2) is 10.3. The van der Waals surface area contributed by atoms with Crippen LogP contribution in [-0.2, 0) is 17.8 Å².